The van der Waals surface area contributed by atoms with Crippen LogP contribution in [-0.2, 0) is 16.1 Å². The number of carboxylic acid groups (broad SMARTS) is 1. The summed E-state index contributed by atoms with van der Waals surface area (Å²) in [6, 6.07) is 7.99. The number of benzene rings is 1. The van der Waals surface area contributed by atoms with Gasteiger partial charge in [-0.25, -0.2) is 4.98 Å². The number of fused-ring (bicyclic) bond motifs is 1. The Labute approximate surface area is 195 Å². The van der Waals surface area contributed by atoms with Gasteiger partial charge in [-0.05, 0) is 43.9 Å². The molecule has 0 spiro atoms. The number of hydrogen-bond acceptors (Lipinski definition) is 8. The highest BCUT2D eigenvalue weighted by atomic mass is 16.5. The molecular formula is C23H26N8O3. The van der Waals surface area contributed by atoms with Gasteiger partial charge in [0.1, 0.15) is 0 Å². The van der Waals surface area contributed by atoms with Gasteiger partial charge in [0.15, 0.2) is 11.2 Å². The SMILES string of the molecule is CCOCCn1cc(-c2ccc(-n3nnc4cnc(N[C@@H]5CC[C@@H](C(=O)O)C5)nc43)cc2)cn1. The number of rotatable bonds is 9. The molecule has 1 aliphatic rings. The maximum atomic E-state index is 11.2. The Kier molecular flexibility index (Phi) is 6.17. The highest BCUT2D eigenvalue weighted by Crippen LogP contribution is 2.28. The third-order valence-electron chi connectivity index (χ3n) is 6.05. The quantitative estimate of drug-likeness (QED) is 0.360. The fourth-order valence-corrected chi connectivity index (χ4v) is 4.22. The van der Waals surface area contributed by atoms with E-state index in [9.17, 15) is 9.90 Å². The van der Waals surface area contributed by atoms with E-state index in [0.717, 1.165) is 23.2 Å². The molecule has 1 fully saturated rings. The van der Waals surface area contributed by atoms with Crippen molar-refractivity contribution in [1.82, 2.24) is 34.7 Å². The smallest absolute Gasteiger partial charge is 0.306 e. The minimum Gasteiger partial charge on any atom is -0.481 e. The van der Waals surface area contributed by atoms with Gasteiger partial charge in [0.2, 0.25) is 5.95 Å². The van der Waals surface area contributed by atoms with Crippen LogP contribution in [0.2, 0.25) is 0 Å². The fourth-order valence-electron chi connectivity index (χ4n) is 4.22. The van der Waals surface area contributed by atoms with Crippen LogP contribution in [0.25, 0.3) is 28.0 Å². The third-order valence-corrected chi connectivity index (χ3v) is 6.05. The van der Waals surface area contributed by atoms with E-state index < -0.39 is 5.97 Å². The van der Waals surface area contributed by atoms with Gasteiger partial charge >= 0.3 is 5.97 Å². The summed E-state index contributed by atoms with van der Waals surface area (Å²) in [4.78, 5) is 20.2. The molecule has 0 saturated heterocycles. The lowest BCUT2D eigenvalue weighted by Crippen LogP contribution is -2.19. The topological polar surface area (TPSA) is 133 Å². The molecule has 1 saturated carbocycles. The van der Waals surface area contributed by atoms with Crippen LogP contribution in [0.15, 0.2) is 42.9 Å². The Morgan fingerprint density at radius 3 is 2.82 bits per heavy atom. The van der Waals surface area contributed by atoms with Crippen LogP contribution >= 0.6 is 0 Å². The lowest BCUT2D eigenvalue weighted by atomic mass is 10.1. The average Bonchev–Trinajstić information content (AvgIpc) is 3.59. The highest BCUT2D eigenvalue weighted by molar-refractivity contribution is 5.73. The van der Waals surface area contributed by atoms with Gasteiger partial charge in [-0.1, -0.05) is 17.3 Å². The van der Waals surface area contributed by atoms with Crippen LogP contribution in [0.5, 0.6) is 0 Å². The van der Waals surface area contributed by atoms with Crippen molar-refractivity contribution in [3.63, 3.8) is 0 Å². The zero-order valence-corrected chi connectivity index (χ0v) is 18.8. The zero-order valence-electron chi connectivity index (χ0n) is 18.8. The van der Waals surface area contributed by atoms with Gasteiger partial charge in [0.25, 0.3) is 0 Å². The molecule has 176 valence electrons. The van der Waals surface area contributed by atoms with Crippen molar-refractivity contribution in [1.29, 1.82) is 0 Å². The number of hydrogen-bond donors (Lipinski definition) is 2. The second-order valence-corrected chi connectivity index (χ2v) is 8.33. The maximum absolute atomic E-state index is 11.2. The molecule has 0 bridgehead atoms. The van der Waals surface area contributed by atoms with E-state index >= 15 is 0 Å². The van der Waals surface area contributed by atoms with Gasteiger partial charge in [0, 0.05) is 24.4 Å². The normalized spacial score (nSPS) is 17.9. The zero-order chi connectivity index (χ0) is 23.5. The summed E-state index contributed by atoms with van der Waals surface area (Å²) in [6.07, 6.45) is 7.48. The molecule has 4 aromatic rings. The molecular weight excluding hydrogens is 436 g/mol. The lowest BCUT2D eigenvalue weighted by Gasteiger charge is -2.12. The van der Waals surface area contributed by atoms with Crippen molar-refractivity contribution in [2.75, 3.05) is 18.5 Å². The van der Waals surface area contributed by atoms with Gasteiger partial charge < -0.3 is 15.2 Å². The van der Waals surface area contributed by atoms with Crippen molar-refractivity contribution < 1.29 is 14.6 Å². The first-order chi connectivity index (χ1) is 16.6. The summed E-state index contributed by atoms with van der Waals surface area (Å²) in [5, 5.41) is 25.3. The summed E-state index contributed by atoms with van der Waals surface area (Å²) in [6.45, 7) is 4.02. The molecule has 3 aromatic heterocycles. The highest BCUT2D eigenvalue weighted by Gasteiger charge is 2.30. The molecule has 34 heavy (non-hydrogen) atoms. The largest absolute Gasteiger partial charge is 0.481 e. The summed E-state index contributed by atoms with van der Waals surface area (Å²) >= 11 is 0. The molecule has 0 amide bonds. The molecule has 11 nitrogen and oxygen atoms in total. The number of ether oxygens (including phenoxy) is 1. The molecule has 0 radical (unpaired) electrons. The van der Waals surface area contributed by atoms with Crippen LogP contribution in [0.3, 0.4) is 0 Å². The second kappa shape index (κ2) is 9.56. The number of anilines is 1. The number of aliphatic carboxylic acids is 1. The van der Waals surface area contributed by atoms with Crippen LogP contribution in [0.4, 0.5) is 5.95 Å². The number of aromatic nitrogens is 7. The lowest BCUT2D eigenvalue weighted by molar-refractivity contribution is -0.141. The Hall–Kier alpha value is -3.86. The first-order valence-electron chi connectivity index (χ1n) is 11.4. The third kappa shape index (κ3) is 4.60. The van der Waals surface area contributed by atoms with Crippen LogP contribution in [0.1, 0.15) is 26.2 Å². The van der Waals surface area contributed by atoms with Crippen molar-refractivity contribution >= 4 is 23.1 Å². The Morgan fingerprint density at radius 2 is 2.06 bits per heavy atom. The number of carboxylic acids is 1. The Morgan fingerprint density at radius 1 is 1.21 bits per heavy atom. The predicted molar refractivity (Wildman–Crippen MR) is 125 cm³/mol. The number of nitrogens with one attached hydrogen (secondary N) is 1. The first kappa shape index (κ1) is 22.0. The van der Waals surface area contributed by atoms with Gasteiger partial charge in [0.05, 0.1) is 37.2 Å². The summed E-state index contributed by atoms with van der Waals surface area (Å²) in [7, 11) is 0. The molecule has 3 heterocycles. The van der Waals surface area contributed by atoms with Gasteiger partial charge in [-0.15, -0.1) is 5.10 Å². The number of carbonyl (C=O) groups is 1. The Balaban J connectivity index is 1.32. The van der Waals surface area contributed by atoms with Crippen molar-refractivity contribution in [2.24, 2.45) is 5.92 Å². The maximum Gasteiger partial charge on any atom is 0.306 e. The molecule has 2 atom stereocenters. The second-order valence-electron chi connectivity index (χ2n) is 8.33. The fraction of sp³-hybridized carbons (Fsp3) is 0.391. The van der Waals surface area contributed by atoms with E-state index in [4.69, 9.17) is 4.74 Å². The molecule has 1 aliphatic carbocycles. The van der Waals surface area contributed by atoms with Crippen molar-refractivity contribution in [3.05, 3.63) is 42.9 Å². The first-order valence-corrected chi connectivity index (χ1v) is 11.4. The summed E-state index contributed by atoms with van der Waals surface area (Å²) in [5.41, 5.74) is 4.06. The molecule has 5 rings (SSSR count). The van der Waals surface area contributed by atoms with Crippen LogP contribution < -0.4 is 5.32 Å². The van der Waals surface area contributed by atoms with E-state index in [1.165, 1.54) is 0 Å². The minimum absolute atomic E-state index is 0.0385. The van der Waals surface area contributed by atoms with Crippen LogP contribution in [-0.4, -0.2) is 65.1 Å². The van der Waals surface area contributed by atoms with Crippen molar-refractivity contribution in [3.8, 4) is 16.8 Å². The van der Waals surface area contributed by atoms with E-state index in [1.54, 1.807) is 10.9 Å². The summed E-state index contributed by atoms with van der Waals surface area (Å²) in [5.74, 6) is -0.615. The van der Waals surface area contributed by atoms with Crippen molar-refractivity contribution in [2.45, 2.75) is 38.8 Å². The van der Waals surface area contributed by atoms with E-state index in [2.05, 4.69) is 30.7 Å². The standard InChI is InChI=1S/C23H26N8O3/c1-2-34-10-9-30-14-17(12-25-30)15-4-7-19(8-5-15)31-21-20(28-29-31)13-24-23(27-21)26-18-6-3-16(11-18)22(32)33/h4-5,7-8,12-14,16,18H,2-3,6,9-11H2,1H3,(H,32,33)(H,24,26,27)/t16-,18-/m1/s1. The molecule has 2 N–H and O–H groups in total. The summed E-state index contributed by atoms with van der Waals surface area (Å²) < 4.78 is 8.94. The van der Waals surface area contributed by atoms with E-state index in [1.807, 2.05) is 48.3 Å². The molecule has 11 heteroatoms. The van der Waals surface area contributed by atoms with E-state index in [-0.39, 0.29) is 12.0 Å². The number of nitrogens with zero attached hydrogens (tertiary/aromatic N) is 7. The van der Waals surface area contributed by atoms with Gasteiger partial charge in [-0.3, -0.25) is 9.48 Å². The Bertz CT molecular complexity index is 1280. The molecule has 1 aromatic carbocycles. The minimum atomic E-state index is -0.746. The van der Waals surface area contributed by atoms with Gasteiger partial charge in [-0.2, -0.15) is 14.8 Å². The predicted octanol–water partition coefficient (Wildman–Crippen LogP) is 2.78. The molecule has 0 aliphatic heterocycles. The van der Waals surface area contributed by atoms with Crippen LogP contribution in [0, 0.1) is 5.92 Å². The van der Waals surface area contributed by atoms with E-state index in [0.29, 0.717) is 49.7 Å². The molecule has 0 unspecified atom stereocenters. The average molecular weight is 463 g/mol. The monoisotopic (exact) mass is 462 g/mol.